The summed E-state index contributed by atoms with van der Waals surface area (Å²) in [6.07, 6.45) is -4.64. The molecule has 0 saturated heterocycles. The highest BCUT2D eigenvalue weighted by atomic mass is 32.2. The number of allylic oxidation sites excluding steroid dienone is 1. The first kappa shape index (κ1) is 10.6. The van der Waals surface area contributed by atoms with Gasteiger partial charge in [-0.2, -0.15) is 18.4 Å². The number of nitrogens with two attached hydrogens (primary N) is 1. The van der Waals surface area contributed by atoms with E-state index >= 15 is 0 Å². The zero-order valence-corrected chi connectivity index (χ0v) is 8.22. The summed E-state index contributed by atoms with van der Waals surface area (Å²) >= 11 is 0.722. The number of nitriles is 1. The average Bonchev–Trinajstić information content (AvgIpc) is 2.58. The molecule has 0 amide bonds. The van der Waals surface area contributed by atoms with Crippen LogP contribution in [-0.4, -0.2) is 14.9 Å². The summed E-state index contributed by atoms with van der Waals surface area (Å²) < 4.78 is 37.9. The van der Waals surface area contributed by atoms with Crippen molar-refractivity contribution in [2.45, 2.75) is 11.3 Å². The standard InChI is InChI=1S/C6H3F3N6S/c7-6(8,9)4-12-13-5-15(4)14-3(11)2(1-10)16-5/h14H,11H2. The van der Waals surface area contributed by atoms with E-state index in [0.717, 1.165) is 11.8 Å². The predicted octanol–water partition coefficient (Wildman–Crippen LogP) is 0.597. The molecule has 10 heteroatoms. The molecule has 0 unspecified atom stereocenters. The van der Waals surface area contributed by atoms with Crippen LogP contribution in [0.25, 0.3) is 0 Å². The normalized spacial score (nSPS) is 15.4. The van der Waals surface area contributed by atoms with Crippen molar-refractivity contribution in [3.05, 3.63) is 16.6 Å². The van der Waals surface area contributed by atoms with Crippen molar-refractivity contribution in [2.75, 3.05) is 5.43 Å². The van der Waals surface area contributed by atoms with Crippen LogP contribution in [0.15, 0.2) is 15.9 Å². The maximum absolute atomic E-state index is 12.4. The number of rotatable bonds is 0. The second kappa shape index (κ2) is 3.31. The maximum atomic E-state index is 12.4. The molecule has 0 aliphatic carbocycles. The minimum atomic E-state index is -4.64. The Morgan fingerprint density at radius 1 is 1.44 bits per heavy atom. The molecule has 0 saturated carbocycles. The van der Waals surface area contributed by atoms with E-state index in [1.165, 1.54) is 0 Å². The molecule has 1 aromatic rings. The van der Waals surface area contributed by atoms with Gasteiger partial charge in [-0.25, -0.2) is 4.68 Å². The van der Waals surface area contributed by atoms with Crippen molar-refractivity contribution >= 4 is 11.8 Å². The third kappa shape index (κ3) is 1.54. The van der Waals surface area contributed by atoms with Gasteiger partial charge in [0.05, 0.1) is 0 Å². The molecule has 1 aliphatic heterocycles. The number of hydrogen-bond donors (Lipinski definition) is 2. The summed E-state index contributed by atoms with van der Waals surface area (Å²) in [5.74, 6) is -1.37. The van der Waals surface area contributed by atoms with Crippen LogP contribution in [0.5, 0.6) is 0 Å². The van der Waals surface area contributed by atoms with Crippen LogP contribution in [-0.2, 0) is 6.18 Å². The van der Waals surface area contributed by atoms with E-state index in [1.807, 2.05) is 0 Å². The van der Waals surface area contributed by atoms with Gasteiger partial charge in [-0.15, -0.1) is 10.2 Å². The van der Waals surface area contributed by atoms with E-state index < -0.39 is 12.0 Å². The van der Waals surface area contributed by atoms with Gasteiger partial charge < -0.3 is 5.73 Å². The Kier molecular flexibility index (Phi) is 2.20. The fourth-order valence-corrected chi connectivity index (χ4v) is 1.71. The number of halogens is 3. The van der Waals surface area contributed by atoms with Gasteiger partial charge in [-0.3, -0.25) is 5.43 Å². The molecule has 2 rings (SSSR count). The van der Waals surface area contributed by atoms with Gasteiger partial charge in [-0.05, 0) is 11.8 Å². The van der Waals surface area contributed by atoms with Crippen molar-refractivity contribution in [3.63, 3.8) is 0 Å². The summed E-state index contributed by atoms with van der Waals surface area (Å²) in [6.45, 7) is 0. The van der Waals surface area contributed by atoms with Crippen LogP contribution >= 0.6 is 11.8 Å². The second-order valence-corrected chi connectivity index (χ2v) is 3.69. The predicted molar refractivity (Wildman–Crippen MR) is 47.1 cm³/mol. The monoisotopic (exact) mass is 248 g/mol. The maximum Gasteiger partial charge on any atom is 0.453 e. The van der Waals surface area contributed by atoms with Crippen LogP contribution < -0.4 is 11.2 Å². The smallest absolute Gasteiger partial charge is 0.383 e. The Balaban J connectivity index is 2.46. The zero-order valence-electron chi connectivity index (χ0n) is 7.41. The number of nitrogens with zero attached hydrogens (tertiary/aromatic N) is 4. The Labute approximate surface area is 90.9 Å². The molecular weight excluding hydrogens is 245 g/mol. The van der Waals surface area contributed by atoms with Crippen molar-refractivity contribution in [1.29, 1.82) is 5.26 Å². The van der Waals surface area contributed by atoms with Crippen molar-refractivity contribution in [3.8, 4) is 6.07 Å². The summed E-state index contributed by atoms with van der Waals surface area (Å²) in [5.41, 5.74) is 7.56. The van der Waals surface area contributed by atoms with Crippen LogP contribution in [0.4, 0.5) is 13.2 Å². The molecule has 16 heavy (non-hydrogen) atoms. The van der Waals surface area contributed by atoms with E-state index in [0.29, 0.717) is 4.68 Å². The van der Waals surface area contributed by atoms with Gasteiger partial charge in [0.1, 0.15) is 16.8 Å². The van der Waals surface area contributed by atoms with Gasteiger partial charge in [-0.1, -0.05) is 0 Å². The second-order valence-electron chi connectivity index (χ2n) is 2.71. The minimum Gasteiger partial charge on any atom is -0.383 e. The summed E-state index contributed by atoms with van der Waals surface area (Å²) in [4.78, 5) is 0.0497. The number of alkyl halides is 3. The van der Waals surface area contributed by atoms with Crippen LogP contribution in [0.1, 0.15) is 5.82 Å². The van der Waals surface area contributed by atoms with Crippen molar-refractivity contribution in [1.82, 2.24) is 14.9 Å². The molecular formula is C6H3F3N6S. The lowest BCUT2D eigenvalue weighted by Crippen LogP contribution is -2.29. The molecule has 3 N–H and O–H groups in total. The third-order valence-corrected chi connectivity index (χ3v) is 2.62. The number of fused-ring (bicyclic) bond motifs is 1. The largest absolute Gasteiger partial charge is 0.453 e. The van der Waals surface area contributed by atoms with E-state index in [-0.39, 0.29) is 15.9 Å². The highest BCUT2D eigenvalue weighted by Crippen LogP contribution is 2.34. The first-order valence-corrected chi connectivity index (χ1v) is 4.62. The fourth-order valence-electron chi connectivity index (χ4n) is 1.02. The minimum absolute atomic E-state index is 0.0497. The van der Waals surface area contributed by atoms with E-state index in [9.17, 15) is 13.2 Å². The number of thioether (sulfide) groups is 1. The Morgan fingerprint density at radius 3 is 2.69 bits per heavy atom. The van der Waals surface area contributed by atoms with Gasteiger partial charge in [0.2, 0.25) is 5.16 Å². The Hall–Kier alpha value is -1.89. The number of aromatic nitrogens is 3. The van der Waals surface area contributed by atoms with Crippen LogP contribution in [0.3, 0.4) is 0 Å². The Morgan fingerprint density at radius 2 is 2.12 bits per heavy atom. The number of nitrogens with one attached hydrogen (secondary N) is 1. The first-order chi connectivity index (χ1) is 7.43. The molecule has 1 aromatic heterocycles. The topological polar surface area (TPSA) is 92.6 Å². The van der Waals surface area contributed by atoms with Crippen LogP contribution in [0.2, 0.25) is 0 Å². The number of hydrogen-bond acceptors (Lipinski definition) is 6. The van der Waals surface area contributed by atoms with Gasteiger partial charge in [0.15, 0.2) is 0 Å². The molecule has 1 aliphatic rings. The molecule has 0 spiro atoms. The molecule has 2 heterocycles. The fraction of sp³-hybridized carbons (Fsp3) is 0.167. The highest BCUT2D eigenvalue weighted by molar-refractivity contribution is 8.03. The lowest BCUT2D eigenvalue weighted by atomic mass is 10.6. The van der Waals surface area contributed by atoms with Gasteiger partial charge in [0, 0.05) is 0 Å². The van der Waals surface area contributed by atoms with Crippen molar-refractivity contribution in [2.24, 2.45) is 5.73 Å². The highest BCUT2D eigenvalue weighted by Gasteiger charge is 2.40. The summed E-state index contributed by atoms with van der Waals surface area (Å²) in [6, 6.07) is 1.74. The molecule has 84 valence electrons. The van der Waals surface area contributed by atoms with E-state index in [2.05, 4.69) is 15.6 Å². The van der Waals surface area contributed by atoms with Gasteiger partial charge >= 0.3 is 6.18 Å². The molecule has 0 bridgehead atoms. The van der Waals surface area contributed by atoms with Gasteiger partial charge in [0.25, 0.3) is 5.82 Å². The third-order valence-electron chi connectivity index (χ3n) is 1.66. The van der Waals surface area contributed by atoms with Crippen molar-refractivity contribution < 1.29 is 13.2 Å². The molecule has 0 aromatic carbocycles. The lowest BCUT2D eigenvalue weighted by molar-refractivity contribution is -0.147. The van der Waals surface area contributed by atoms with Crippen LogP contribution in [0, 0.1) is 11.3 Å². The SMILES string of the molecule is N#CC1=C(N)Nn2c(nnc2C(F)(F)F)S1. The average molecular weight is 248 g/mol. The van der Waals surface area contributed by atoms with E-state index in [1.54, 1.807) is 6.07 Å². The quantitative estimate of drug-likeness (QED) is 0.698. The zero-order chi connectivity index (χ0) is 11.9. The first-order valence-electron chi connectivity index (χ1n) is 3.81. The Bertz CT molecular complexity index is 509. The molecule has 6 nitrogen and oxygen atoms in total. The van der Waals surface area contributed by atoms with E-state index in [4.69, 9.17) is 11.0 Å². The lowest BCUT2D eigenvalue weighted by Gasteiger charge is -2.18. The summed E-state index contributed by atoms with van der Waals surface area (Å²) in [7, 11) is 0. The molecule has 0 radical (unpaired) electrons. The summed E-state index contributed by atoms with van der Waals surface area (Å²) in [5, 5.41) is 14.8. The molecule has 0 fully saturated rings. The molecule has 0 atom stereocenters.